The number of nitrogens with zero attached hydrogens (tertiary/aromatic N) is 3. The molecule has 1 aliphatic rings. The number of anilines is 1. The summed E-state index contributed by atoms with van der Waals surface area (Å²) in [6.07, 6.45) is -0.879. The van der Waals surface area contributed by atoms with E-state index in [-0.39, 0.29) is 58.5 Å². The first-order valence-electron chi connectivity index (χ1n) is 13.1. The van der Waals surface area contributed by atoms with E-state index in [9.17, 15) is 35.2 Å². The number of halogens is 6. The van der Waals surface area contributed by atoms with E-state index in [1.165, 1.54) is 10.9 Å². The normalized spacial score (nSPS) is 18.8. The predicted octanol–water partition coefficient (Wildman–Crippen LogP) is 5.70. The third-order valence-corrected chi connectivity index (χ3v) is 9.06. The summed E-state index contributed by atoms with van der Waals surface area (Å²) in [4.78, 5) is 17.1. The minimum Gasteiger partial charge on any atom is -0.434 e. The number of aromatic nitrogens is 3. The Balaban J connectivity index is 1.83. The third-order valence-electron chi connectivity index (χ3n) is 7.02. The number of hydrogen-bond donors (Lipinski definition) is 2. The highest BCUT2D eigenvalue weighted by Crippen LogP contribution is 2.39. The molecule has 1 amide bonds. The summed E-state index contributed by atoms with van der Waals surface area (Å²) in [6.45, 7) is 0.433. The molecule has 2 aromatic heterocycles. The third kappa shape index (κ3) is 8.90. The molecule has 0 spiro atoms. The molecule has 9 nitrogen and oxygen atoms in total. The maximum absolute atomic E-state index is 13.3. The van der Waals surface area contributed by atoms with Crippen LogP contribution in [0.15, 0.2) is 12.3 Å². The first kappa shape index (κ1) is 32.8. The molecule has 0 aromatic carbocycles. The van der Waals surface area contributed by atoms with E-state index < -0.39 is 46.7 Å². The Kier molecular flexibility index (Phi) is 10.8. The van der Waals surface area contributed by atoms with Gasteiger partial charge < -0.3 is 15.4 Å². The highest BCUT2D eigenvalue weighted by molar-refractivity contribution is 7.91. The molecule has 41 heavy (non-hydrogen) atoms. The predicted molar refractivity (Wildman–Crippen MR) is 144 cm³/mol. The Morgan fingerprint density at radius 2 is 1.88 bits per heavy atom. The average Bonchev–Trinajstić information content (AvgIpc) is 3.21. The van der Waals surface area contributed by atoms with Crippen molar-refractivity contribution in [3.05, 3.63) is 23.0 Å². The minimum atomic E-state index is -4.44. The summed E-state index contributed by atoms with van der Waals surface area (Å²) in [5, 5.41) is 9.07. The van der Waals surface area contributed by atoms with Gasteiger partial charge in [-0.3, -0.25) is 9.48 Å². The molecular formula is C25H33ClF5N5O4S. The minimum absolute atomic E-state index is 0.0304. The highest BCUT2D eigenvalue weighted by Gasteiger charge is 2.32. The van der Waals surface area contributed by atoms with Gasteiger partial charge in [0.05, 0.1) is 28.0 Å². The van der Waals surface area contributed by atoms with Gasteiger partial charge in [-0.25, -0.2) is 13.4 Å². The van der Waals surface area contributed by atoms with Crippen LogP contribution >= 0.6 is 11.6 Å². The van der Waals surface area contributed by atoms with E-state index >= 15 is 0 Å². The van der Waals surface area contributed by atoms with Crippen molar-refractivity contribution >= 4 is 33.2 Å². The van der Waals surface area contributed by atoms with Crippen LogP contribution in [-0.4, -0.2) is 66.0 Å². The molecular weight excluding hydrogens is 597 g/mol. The largest absolute Gasteiger partial charge is 0.434 e. The summed E-state index contributed by atoms with van der Waals surface area (Å²) in [5.74, 6) is -1.05. The Hall–Kier alpha value is -2.68. The second-order valence-electron chi connectivity index (χ2n) is 10.0. The number of rotatable bonds is 12. The maximum atomic E-state index is 13.3. The molecule has 2 N–H and O–H groups in total. The van der Waals surface area contributed by atoms with Crippen LogP contribution in [0.4, 0.5) is 27.8 Å². The summed E-state index contributed by atoms with van der Waals surface area (Å²) < 4.78 is 94.8. The molecule has 1 aliphatic carbocycles. The van der Waals surface area contributed by atoms with Crippen molar-refractivity contribution in [3.63, 3.8) is 0 Å². The van der Waals surface area contributed by atoms with Crippen LogP contribution in [-0.2, 0) is 16.4 Å². The monoisotopic (exact) mass is 629 g/mol. The molecule has 1 fully saturated rings. The van der Waals surface area contributed by atoms with Crippen LogP contribution in [0, 0.1) is 5.92 Å². The number of carbonyl (C=O) groups is 1. The lowest BCUT2D eigenvalue weighted by Gasteiger charge is -2.27. The van der Waals surface area contributed by atoms with Gasteiger partial charge in [0.1, 0.15) is 21.4 Å². The Morgan fingerprint density at radius 3 is 2.41 bits per heavy atom. The molecule has 1 saturated carbocycles. The molecule has 230 valence electrons. The van der Waals surface area contributed by atoms with Crippen molar-refractivity contribution in [3.8, 4) is 17.0 Å². The lowest BCUT2D eigenvalue weighted by molar-refractivity contribution is -0.137. The van der Waals surface area contributed by atoms with Gasteiger partial charge in [-0.1, -0.05) is 18.5 Å². The maximum Gasteiger partial charge on any atom is 0.391 e. The van der Waals surface area contributed by atoms with Crippen LogP contribution in [0.3, 0.4) is 0 Å². The Labute approximate surface area is 240 Å². The highest BCUT2D eigenvalue weighted by atomic mass is 35.5. The number of ether oxygens (including phenoxy) is 1. The zero-order valence-corrected chi connectivity index (χ0v) is 24.3. The van der Waals surface area contributed by atoms with Gasteiger partial charge >= 0.3 is 12.8 Å². The van der Waals surface area contributed by atoms with Crippen molar-refractivity contribution in [1.82, 2.24) is 20.1 Å². The SMILES string of the molecule is CCC(CC(F)(F)F)Nc1cc(OC(F)F)c(-c2c(Cl)c(C(=O)NCC3CCC(S(C)(=O)=O)CC3)nn2CC)cn1. The van der Waals surface area contributed by atoms with Gasteiger partial charge in [0.25, 0.3) is 5.91 Å². The van der Waals surface area contributed by atoms with Crippen molar-refractivity contribution < 1.29 is 39.9 Å². The zero-order chi connectivity index (χ0) is 30.5. The van der Waals surface area contributed by atoms with Gasteiger partial charge in [-0.2, -0.15) is 27.1 Å². The fourth-order valence-electron chi connectivity index (χ4n) is 4.83. The van der Waals surface area contributed by atoms with Gasteiger partial charge in [-0.05, 0) is 44.9 Å². The lowest BCUT2D eigenvalue weighted by atomic mass is 9.89. The van der Waals surface area contributed by atoms with Crippen LogP contribution in [0.25, 0.3) is 11.3 Å². The smallest absolute Gasteiger partial charge is 0.391 e. The zero-order valence-electron chi connectivity index (χ0n) is 22.8. The van der Waals surface area contributed by atoms with E-state index in [1.54, 1.807) is 13.8 Å². The molecule has 0 bridgehead atoms. The second kappa shape index (κ2) is 13.5. The quantitative estimate of drug-likeness (QED) is 0.290. The topological polar surface area (TPSA) is 115 Å². The van der Waals surface area contributed by atoms with Crippen molar-refractivity contribution in [2.75, 3.05) is 18.1 Å². The number of hydrogen-bond acceptors (Lipinski definition) is 7. The lowest BCUT2D eigenvalue weighted by Crippen LogP contribution is -2.34. The van der Waals surface area contributed by atoms with Crippen LogP contribution < -0.4 is 15.4 Å². The number of carbonyl (C=O) groups excluding carboxylic acids is 1. The fourth-order valence-corrected chi connectivity index (χ4v) is 6.28. The number of pyridine rings is 1. The summed E-state index contributed by atoms with van der Waals surface area (Å²) in [7, 11) is -3.12. The average molecular weight is 630 g/mol. The van der Waals surface area contributed by atoms with Crippen LogP contribution in [0.5, 0.6) is 5.75 Å². The molecule has 1 atom stereocenters. The summed E-state index contributed by atoms with van der Waals surface area (Å²) in [5.41, 5.74) is -0.114. The number of nitrogens with one attached hydrogen (secondary N) is 2. The fraction of sp³-hybridized carbons (Fsp3) is 0.640. The molecule has 0 saturated heterocycles. The molecule has 0 aliphatic heterocycles. The first-order valence-corrected chi connectivity index (χ1v) is 15.5. The van der Waals surface area contributed by atoms with Gasteiger partial charge in [0.15, 0.2) is 5.69 Å². The van der Waals surface area contributed by atoms with Gasteiger partial charge in [0, 0.05) is 37.7 Å². The Bertz CT molecular complexity index is 1310. The first-order chi connectivity index (χ1) is 19.1. The summed E-state index contributed by atoms with van der Waals surface area (Å²) in [6, 6.07) is 0.00502. The number of amides is 1. The molecule has 0 radical (unpaired) electrons. The Morgan fingerprint density at radius 1 is 1.22 bits per heavy atom. The molecule has 2 heterocycles. The number of alkyl halides is 5. The van der Waals surface area contributed by atoms with Crippen LogP contribution in [0.1, 0.15) is 62.9 Å². The van der Waals surface area contributed by atoms with E-state index in [1.807, 2.05) is 0 Å². The van der Waals surface area contributed by atoms with E-state index in [0.29, 0.717) is 25.7 Å². The molecule has 16 heteroatoms. The van der Waals surface area contributed by atoms with E-state index in [2.05, 4.69) is 25.5 Å². The van der Waals surface area contributed by atoms with Gasteiger partial charge in [0.2, 0.25) is 0 Å². The molecule has 1 unspecified atom stereocenters. The van der Waals surface area contributed by atoms with Gasteiger partial charge in [-0.15, -0.1) is 0 Å². The van der Waals surface area contributed by atoms with Crippen molar-refractivity contribution in [1.29, 1.82) is 0 Å². The number of aryl methyl sites for hydroxylation is 1. The van der Waals surface area contributed by atoms with E-state index in [0.717, 1.165) is 12.3 Å². The second-order valence-corrected chi connectivity index (χ2v) is 12.7. The molecule has 3 rings (SSSR count). The van der Waals surface area contributed by atoms with E-state index in [4.69, 9.17) is 11.6 Å². The standard InChI is InChI=1S/C25H33ClF5N5O4S/c1-4-15(11-25(29,30)31)34-19-10-18(40-24(27)28)17(13-32-19)22-20(26)21(35-36(22)5-2)23(37)33-12-14-6-8-16(9-7-14)41(3,38)39/h10,13-16,24H,4-9,11-12H2,1-3H3,(H,32,34)(H,33,37). The molecule has 2 aromatic rings. The number of sulfone groups is 1. The van der Waals surface area contributed by atoms with Crippen LogP contribution in [0.2, 0.25) is 5.02 Å². The van der Waals surface area contributed by atoms with Crippen molar-refractivity contribution in [2.45, 2.75) is 83.0 Å². The summed E-state index contributed by atoms with van der Waals surface area (Å²) >= 11 is 6.53. The van der Waals surface area contributed by atoms with Crippen molar-refractivity contribution in [2.24, 2.45) is 5.92 Å².